The Labute approximate surface area is 142 Å². The van der Waals surface area contributed by atoms with E-state index >= 15 is 0 Å². The van der Waals surface area contributed by atoms with Gasteiger partial charge >= 0.3 is 5.69 Å². The number of fused-ring (bicyclic) bond motifs is 1. The third kappa shape index (κ3) is 2.80. The van der Waals surface area contributed by atoms with Gasteiger partial charge in [-0.15, -0.1) is 0 Å². The first-order chi connectivity index (χ1) is 11.9. The van der Waals surface area contributed by atoms with E-state index in [9.17, 15) is 14.7 Å². The summed E-state index contributed by atoms with van der Waals surface area (Å²) in [4.78, 5) is 29.0. The molecule has 0 radical (unpaired) electrons. The first-order valence-corrected chi connectivity index (χ1v) is 7.68. The molecule has 0 saturated heterocycles. The molecule has 2 heterocycles. The van der Waals surface area contributed by atoms with Crippen LogP contribution in [0.25, 0.3) is 11.2 Å². The smallest absolute Gasteiger partial charge is 0.332 e. The van der Waals surface area contributed by atoms with Gasteiger partial charge in [0.1, 0.15) is 5.75 Å². The van der Waals surface area contributed by atoms with E-state index in [1.54, 1.807) is 56.1 Å². The summed E-state index contributed by atoms with van der Waals surface area (Å²) < 4.78 is 4.07. The first kappa shape index (κ1) is 16.5. The maximum Gasteiger partial charge on any atom is 0.332 e. The number of imidazole rings is 1. The minimum atomic E-state index is -0.405. The molecule has 3 rings (SSSR count). The molecule has 9 heteroatoms. The van der Waals surface area contributed by atoms with Gasteiger partial charge in [0.05, 0.1) is 6.21 Å². The Kier molecular flexibility index (Phi) is 4.14. The van der Waals surface area contributed by atoms with Crippen molar-refractivity contribution in [2.75, 3.05) is 5.43 Å². The molecule has 2 N–H and O–H groups in total. The predicted molar refractivity (Wildman–Crippen MR) is 95.2 cm³/mol. The van der Waals surface area contributed by atoms with Crippen molar-refractivity contribution in [2.45, 2.75) is 13.5 Å². The Morgan fingerprint density at radius 3 is 2.52 bits per heavy atom. The maximum absolute atomic E-state index is 12.5. The van der Waals surface area contributed by atoms with Gasteiger partial charge in [-0.1, -0.05) is 0 Å². The Morgan fingerprint density at radius 2 is 1.88 bits per heavy atom. The normalized spacial score (nSPS) is 11.5. The fourth-order valence-corrected chi connectivity index (χ4v) is 2.55. The number of phenols is 1. The number of anilines is 1. The van der Waals surface area contributed by atoms with Crippen molar-refractivity contribution in [2.24, 2.45) is 19.2 Å². The number of hydrazone groups is 1. The molecular formula is C16H18N6O3. The van der Waals surface area contributed by atoms with Crippen LogP contribution in [0.1, 0.15) is 12.5 Å². The third-order valence-corrected chi connectivity index (χ3v) is 3.95. The Balaban J connectivity index is 2.01. The summed E-state index contributed by atoms with van der Waals surface area (Å²) in [5, 5.41) is 13.3. The highest BCUT2D eigenvalue weighted by Crippen LogP contribution is 2.13. The number of aryl methyl sites for hydroxylation is 2. The summed E-state index contributed by atoms with van der Waals surface area (Å²) >= 11 is 0. The van der Waals surface area contributed by atoms with Crippen molar-refractivity contribution >= 4 is 23.3 Å². The second kappa shape index (κ2) is 6.27. The molecule has 3 aromatic rings. The number of hydrogen-bond donors (Lipinski definition) is 2. The molecule has 0 unspecified atom stereocenters. The molecule has 0 atom stereocenters. The minimum Gasteiger partial charge on any atom is -0.508 e. The lowest BCUT2D eigenvalue weighted by Gasteiger charge is -2.05. The number of nitrogens with one attached hydrogen (secondary N) is 1. The van der Waals surface area contributed by atoms with Gasteiger partial charge in [-0.25, -0.2) is 10.2 Å². The molecule has 0 spiro atoms. The number of rotatable bonds is 4. The summed E-state index contributed by atoms with van der Waals surface area (Å²) in [6, 6.07) is 6.52. The minimum absolute atomic E-state index is 0.175. The molecule has 2 aromatic heterocycles. The quantitative estimate of drug-likeness (QED) is 0.533. The second-order valence-electron chi connectivity index (χ2n) is 5.52. The molecule has 0 amide bonds. The van der Waals surface area contributed by atoms with Crippen molar-refractivity contribution in [3.63, 3.8) is 0 Å². The fraction of sp³-hybridized carbons (Fsp3) is 0.250. The van der Waals surface area contributed by atoms with Crippen molar-refractivity contribution in [3.8, 4) is 5.75 Å². The van der Waals surface area contributed by atoms with Gasteiger partial charge in [-0.05, 0) is 36.8 Å². The molecule has 0 aliphatic rings. The van der Waals surface area contributed by atoms with Crippen molar-refractivity contribution < 1.29 is 5.11 Å². The van der Waals surface area contributed by atoms with Crippen LogP contribution >= 0.6 is 0 Å². The highest BCUT2D eigenvalue weighted by atomic mass is 16.3. The van der Waals surface area contributed by atoms with E-state index in [2.05, 4.69) is 15.5 Å². The van der Waals surface area contributed by atoms with Crippen LogP contribution in [-0.2, 0) is 20.6 Å². The zero-order valence-electron chi connectivity index (χ0n) is 14.1. The highest BCUT2D eigenvalue weighted by Gasteiger charge is 2.17. The Morgan fingerprint density at radius 1 is 1.20 bits per heavy atom. The molecule has 0 aliphatic carbocycles. The highest BCUT2D eigenvalue weighted by molar-refractivity contribution is 5.80. The summed E-state index contributed by atoms with van der Waals surface area (Å²) in [5.74, 6) is 0.513. The number of phenolic OH excluding ortho intramolecular Hbond substituents is 1. The molecule has 9 nitrogen and oxygen atoms in total. The van der Waals surface area contributed by atoms with Gasteiger partial charge in [-0.2, -0.15) is 10.1 Å². The SMILES string of the molecule is CCn1c(=O)c2c(nc(NN=Cc3ccc(O)cc3)n2C)n(C)c1=O. The maximum atomic E-state index is 12.5. The average molecular weight is 342 g/mol. The number of benzene rings is 1. The Hall–Kier alpha value is -3.36. The van der Waals surface area contributed by atoms with Crippen molar-refractivity contribution in [1.29, 1.82) is 0 Å². The second-order valence-corrected chi connectivity index (χ2v) is 5.52. The van der Waals surface area contributed by atoms with Gasteiger partial charge in [-0.3, -0.25) is 13.9 Å². The van der Waals surface area contributed by atoms with E-state index in [0.29, 0.717) is 17.1 Å². The third-order valence-electron chi connectivity index (χ3n) is 3.95. The van der Waals surface area contributed by atoms with E-state index in [1.165, 1.54) is 4.57 Å². The Bertz CT molecular complexity index is 1070. The molecule has 0 fully saturated rings. The molecule has 130 valence electrons. The topological polar surface area (TPSA) is 106 Å². The van der Waals surface area contributed by atoms with Gasteiger partial charge in [0.25, 0.3) is 5.56 Å². The van der Waals surface area contributed by atoms with Gasteiger partial charge < -0.3 is 9.67 Å². The lowest BCUT2D eigenvalue weighted by Crippen LogP contribution is -2.39. The summed E-state index contributed by atoms with van der Waals surface area (Å²) in [5.41, 5.74) is 3.39. The van der Waals surface area contributed by atoms with E-state index in [1.807, 2.05) is 0 Å². The van der Waals surface area contributed by atoms with Crippen LogP contribution in [0.2, 0.25) is 0 Å². The lowest BCUT2D eigenvalue weighted by molar-refractivity contribution is 0.475. The molecule has 1 aromatic carbocycles. The van der Waals surface area contributed by atoms with E-state index < -0.39 is 5.69 Å². The van der Waals surface area contributed by atoms with Crippen molar-refractivity contribution in [3.05, 3.63) is 50.7 Å². The first-order valence-electron chi connectivity index (χ1n) is 7.68. The van der Waals surface area contributed by atoms with Crippen molar-refractivity contribution in [1.82, 2.24) is 18.7 Å². The predicted octanol–water partition coefficient (Wildman–Crippen LogP) is 0.605. The summed E-state index contributed by atoms with van der Waals surface area (Å²) in [7, 11) is 3.26. The summed E-state index contributed by atoms with van der Waals surface area (Å²) in [6.45, 7) is 2.03. The zero-order chi connectivity index (χ0) is 18.1. The largest absolute Gasteiger partial charge is 0.508 e. The van der Waals surface area contributed by atoms with Crippen LogP contribution in [0.4, 0.5) is 5.95 Å². The van der Waals surface area contributed by atoms with Crippen LogP contribution in [0.3, 0.4) is 0 Å². The number of hydrogen-bond acceptors (Lipinski definition) is 6. The van der Waals surface area contributed by atoms with Crippen LogP contribution in [0.5, 0.6) is 5.75 Å². The van der Waals surface area contributed by atoms with Gasteiger partial charge in [0, 0.05) is 20.6 Å². The van der Waals surface area contributed by atoms with E-state index in [4.69, 9.17) is 0 Å². The van der Waals surface area contributed by atoms with Gasteiger partial charge in [0.15, 0.2) is 11.2 Å². The van der Waals surface area contributed by atoms with Gasteiger partial charge in [0.2, 0.25) is 5.95 Å². The van der Waals surface area contributed by atoms with E-state index in [0.717, 1.165) is 10.1 Å². The standard InChI is InChI=1S/C16H18N6O3/c1-4-22-14(24)12-13(21(3)16(22)25)18-15(20(12)2)19-17-9-10-5-7-11(23)8-6-10/h5-9,23H,4H2,1-3H3,(H,18,19). The number of aromatic hydroxyl groups is 1. The average Bonchev–Trinajstić information content (AvgIpc) is 2.92. The molecule has 0 aliphatic heterocycles. The molecule has 0 bridgehead atoms. The van der Waals surface area contributed by atoms with Crippen LogP contribution in [0.15, 0.2) is 39.0 Å². The number of aromatic nitrogens is 4. The zero-order valence-corrected chi connectivity index (χ0v) is 14.1. The van der Waals surface area contributed by atoms with E-state index in [-0.39, 0.29) is 17.9 Å². The molecule has 25 heavy (non-hydrogen) atoms. The van der Waals surface area contributed by atoms with Crippen LogP contribution < -0.4 is 16.7 Å². The number of nitrogens with zero attached hydrogens (tertiary/aromatic N) is 5. The summed E-state index contributed by atoms with van der Waals surface area (Å²) in [6.07, 6.45) is 1.56. The lowest BCUT2D eigenvalue weighted by atomic mass is 10.2. The fourth-order valence-electron chi connectivity index (χ4n) is 2.55. The monoisotopic (exact) mass is 342 g/mol. The van der Waals surface area contributed by atoms with Crippen LogP contribution in [0, 0.1) is 0 Å². The van der Waals surface area contributed by atoms with Crippen LogP contribution in [-0.4, -0.2) is 30.0 Å². The molecule has 0 saturated carbocycles. The molecular weight excluding hydrogens is 324 g/mol.